The summed E-state index contributed by atoms with van der Waals surface area (Å²) in [6.45, 7) is 5.22. The number of nitriles is 1. The van der Waals surface area contributed by atoms with Crippen LogP contribution in [0.1, 0.15) is 12.8 Å². The van der Waals surface area contributed by atoms with Gasteiger partial charge in [0.1, 0.15) is 0 Å². The molecule has 10 heavy (non-hydrogen) atoms. The van der Waals surface area contributed by atoms with Gasteiger partial charge in [-0.15, -0.1) is 6.58 Å². The topological polar surface area (TPSA) is 35.8 Å². The summed E-state index contributed by atoms with van der Waals surface area (Å²) in [7, 11) is 0. The van der Waals surface area contributed by atoms with E-state index in [2.05, 4.69) is 18.0 Å². The van der Waals surface area contributed by atoms with Crippen LogP contribution in [0, 0.1) is 16.7 Å². The molecule has 1 saturated carbocycles. The minimum Gasteiger partial charge on any atom is -0.312 e. The first-order valence-electron chi connectivity index (χ1n) is 3.56. The molecule has 0 aliphatic heterocycles. The Bertz CT molecular complexity index is 163. The Morgan fingerprint density at radius 2 is 2.40 bits per heavy atom. The first-order chi connectivity index (χ1) is 4.83. The van der Waals surface area contributed by atoms with Crippen molar-refractivity contribution >= 4 is 0 Å². The van der Waals surface area contributed by atoms with Crippen LogP contribution in [-0.4, -0.2) is 13.1 Å². The van der Waals surface area contributed by atoms with Gasteiger partial charge in [0.15, 0.2) is 0 Å². The Morgan fingerprint density at radius 3 is 2.80 bits per heavy atom. The van der Waals surface area contributed by atoms with Crippen molar-refractivity contribution < 1.29 is 0 Å². The molecule has 0 atom stereocenters. The van der Waals surface area contributed by atoms with E-state index in [1.165, 1.54) is 0 Å². The lowest BCUT2D eigenvalue weighted by Gasteiger charge is -2.03. The molecule has 1 fully saturated rings. The number of nitrogens with one attached hydrogen (secondary N) is 1. The molecule has 2 heteroatoms. The molecular weight excluding hydrogens is 124 g/mol. The van der Waals surface area contributed by atoms with E-state index in [4.69, 9.17) is 5.26 Å². The van der Waals surface area contributed by atoms with Crippen LogP contribution in [0.2, 0.25) is 0 Å². The van der Waals surface area contributed by atoms with Gasteiger partial charge < -0.3 is 5.32 Å². The van der Waals surface area contributed by atoms with Crippen LogP contribution in [0.25, 0.3) is 0 Å². The molecule has 54 valence electrons. The second-order valence-electron chi connectivity index (χ2n) is 2.81. The zero-order valence-electron chi connectivity index (χ0n) is 6.06. The van der Waals surface area contributed by atoms with Gasteiger partial charge in [-0.1, -0.05) is 6.08 Å². The van der Waals surface area contributed by atoms with Crippen molar-refractivity contribution in [1.82, 2.24) is 5.32 Å². The molecule has 1 aliphatic carbocycles. The summed E-state index contributed by atoms with van der Waals surface area (Å²) in [5, 5.41) is 11.8. The fraction of sp³-hybridized carbons (Fsp3) is 0.625. The SMILES string of the molecule is C=CCNCC1(C#N)CC1. The first-order valence-corrected chi connectivity index (χ1v) is 3.56. The van der Waals surface area contributed by atoms with Crippen molar-refractivity contribution in [3.05, 3.63) is 12.7 Å². The van der Waals surface area contributed by atoms with Gasteiger partial charge in [-0.05, 0) is 12.8 Å². The largest absolute Gasteiger partial charge is 0.312 e. The maximum atomic E-state index is 8.64. The molecule has 2 nitrogen and oxygen atoms in total. The van der Waals surface area contributed by atoms with Crippen LogP contribution < -0.4 is 5.32 Å². The maximum Gasteiger partial charge on any atom is 0.0703 e. The summed E-state index contributed by atoms with van der Waals surface area (Å²) >= 11 is 0. The Kier molecular flexibility index (Phi) is 2.08. The molecule has 0 aromatic rings. The minimum absolute atomic E-state index is 0.0109. The molecule has 0 aromatic carbocycles. The highest BCUT2D eigenvalue weighted by molar-refractivity contribution is 5.11. The third-order valence-electron chi connectivity index (χ3n) is 1.84. The monoisotopic (exact) mass is 136 g/mol. The second kappa shape index (κ2) is 2.85. The average molecular weight is 136 g/mol. The molecule has 0 saturated heterocycles. The molecule has 0 radical (unpaired) electrons. The lowest BCUT2D eigenvalue weighted by atomic mass is 10.1. The van der Waals surface area contributed by atoms with Crippen LogP contribution in [0.15, 0.2) is 12.7 Å². The van der Waals surface area contributed by atoms with Gasteiger partial charge in [0.05, 0.1) is 11.5 Å². The predicted molar refractivity (Wildman–Crippen MR) is 40.3 cm³/mol. The summed E-state index contributed by atoms with van der Waals surface area (Å²) in [6.07, 6.45) is 3.94. The van der Waals surface area contributed by atoms with E-state index < -0.39 is 0 Å². The van der Waals surface area contributed by atoms with Crippen LogP contribution in [0.4, 0.5) is 0 Å². The van der Waals surface area contributed by atoms with E-state index in [0.717, 1.165) is 25.9 Å². The minimum atomic E-state index is -0.0109. The number of nitrogens with zero attached hydrogens (tertiary/aromatic N) is 1. The van der Waals surface area contributed by atoms with Gasteiger partial charge in [0.2, 0.25) is 0 Å². The predicted octanol–water partition coefficient (Wildman–Crippen LogP) is 1.07. The van der Waals surface area contributed by atoms with E-state index in [0.29, 0.717) is 0 Å². The van der Waals surface area contributed by atoms with E-state index in [1.54, 1.807) is 0 Å². The smallest absolute Gasteiger partial charge is 0.0703 e. The molecule has 1 aliphatic rings. The highest BCUT2D eigenvalue weighted by Gasteiger charge is 2.42. The van der Waals surface area contributed by atoms with E-state index in [9.17, 15) is 0 Å². The molecule has 0 amide bonds. The van der Waals surface area contributed by atoms with E-state index in [-0.39, 0.29) is 5.41 Å². The molecule has 0 bridgehead atoms. The van der Waals surface area contributed by atoms with Crippen molar-refractivity contribution in [3.63, 3.8) is 0 Å². The van der Waals surface area contributed by atoms with Crippen molar-refractivity contribution in [3.8, 4) is 6.07 Å². The molecule has 0 spiro atoms. The van der Waals surface area contributed by atoms with Gasteiger partial charge in [0.25, 0.3) is 0 Å². The van der Waals surface area contributed by atoms with Gasteiger partial charge in [-0.3, -0.25) is 0 Å². The second-order valence-corrected chi connectivity index (χ2v) is 2.81. The van der Waals surface area contributed by atoms with Gasteiger partial charge in [-0.25, -0.2) is 0 Å². The third kappa shape index (κ3) is 1.58. The summed E-state index contributed by atoms with van der Waals surface area (Å²) in [6, 6.07) is 2.31. The Morgan fingerprint density at radius 1 is 1.70 bits per heavy atom. The Balaban J connectivity index is 2.14. The summed E-state index contributed by atoms with van der Waals surface area (Å²) in [5.41, 5.74) is -0.0109. The highest BCUT2D eigenvalue weighted by atomic mass is 14.9. The molecule has 0 unspecified atom stereocenters. The molecule has 0 aromatic heterocycles. The maximum absolute atomic E-state index is 8.64. The molecule has 1 N–H and O–H groups in total. The Hall–Kier alpha value is -0.810. The fourth-order valence-electron chi connectivity index (χ4n) is 0.893. The molecule has 1 rings (SSSR count). The number of rotatable bonds is 4. The summed E-state index contributed by atoms with van der Waals surface area (Å²) < 4.78 is 0. The molecule has 0 heterocycles. The zero-order chi connectivity index (χ0) is 7.45. The van der Waals surface area contributed by atoms with Gasteiger partial charge >= 0.3 is 0 Å². The molecular formula is C8H12N2. The number of hydrogen-bond acceptors (Lipinski definition) is 2. The van der Waals surface area contributed by atoms with Crippen LogP contribution >= 0.6 is 0 Å². The van der Waals surface area contributed by atoms with Crippen molar-refractivity contribution in [2.45, 2.75) is 12.8 Å². The zero-order valence-corrected chi connectivity index (χ0v) is 6.06. The third-order valence-corrected chi connectivity index (χ3v) is 1.84. The van der Waals surface area contributed by atoms with Crippen LogP contribution in [0.3, 0.4) is 0 Å². The highest BCUT2D eigenvalue weighted by Crippen LogP contribution is 2.43. The Labute approximate surface area is 61.5 Å². The standard InChI is InChI=1S/C8H12N2/c1-2-5-10-7-8(6-9)3-4-8/h2,10H,1,3-5,7H2. The van der Waals surface area contributed by atoms with Gasteiger partial charge in [0, 0.05) is 13.1 Å². The van der Waals surface area contributed by atoms with Gasteiger partial charge in [-0.2, -0.15) is 5.26 Å². The fourth-order valence-corrected chi connectivity index (χ4v) is 0.893. The quantitative estimate of drug-likeness (QED) is 0.463. The average Bonchev–Trinajstić information content (AvgIpc) is 2.70. The van der Waals surface area contributed by atoms with Crippen LogP contribution in [-0.2, 0) is 0 Å². The summed E-state index contributed by atoms with van der Waals surface area (Å²) in [5.74, 6) is 0. The van der Waals surface area contributed by atoms with Crippen molar-refractivity contribution in [2.75, 3.05) is 13.1 Å². The summed E-state index contributed by atoms with van der Waals surface area (Å²) in [4.78, 5) is 0. The van der Waals surface area contributed by atoms with E-state index >= 15 is 0 Å². The lowest BCUT2D eigenvalue weighted by Crippen LogP contribution is -2.22. The lowest BCUT2D eigenvalue weighted by molar-refractivity contribution is 0.585. The first kappa shape index (κ1) is 7.30. The van der Waals surface area contributed by atoms with E-state index in [1.807, 2.05) is 6.08 Å². The number of hydrogen-bond donors (Lipinski definition) is 1. The normalized spacial score (nSPS) is 19.5. The van der Waals surface area contributed by atoms with Crippen molar-refractivity contribution in [1.29, 1.82) is 5.26 Å². The van der Waals surface area contributed by atoms with Crippen molar-refractivity contribution in [2.24, 2.45) is 5.41 Å². The van der Waals surface area contributed by atoms with Crippen LogP contribution in [0.5, 0.6) is 0 Å².